The molecule has 1 fully saturated rings. The molecule has 1 aromatic carbocycles. The van der Waals surface area contributed by atoms with Crippen molar-refractivity contribution in [3.8, 4) is 0 Å². The van der Waals surface area contributed by atoms with E-state index in [4.69, 9.17) is 16.7 Å². The number of hydrogen-bond acceptors (Lipinski definition) is 3. The number of urea groups is 1. The van der Waals surface area contributed by atoms with Crippen LogP contribution >= 0.6 is 11.6 Å². The number of amides is 3. The van der Waals surface area contributed by atoms with Gasteiger partial charge in [-0.1, -0.05) is 23.7 Å². The number of carboxylic acids is 1. The van der Waals surface area contributed by atoms with Gasteiger partial charge in [-0.3, -0.25) is 9.59 Å². The number of rotatable bonds is 5. The van der Waals surface area contributed by atoms with Gasteiger partial charge >= 0.3 is 12.0 Å². The van der Waals surface area contributed by atoms with Crippen molar-refractivity contribution in [1.82, 2.24) is 15.1 Å². The zero-order chi connectivity index (χ0) is 18.4. The standard InChI is InChI=1S/C17H22ClN3O4/c1-12-11-20(17(25)19-6-5-16(23)24)7-8-21(12)15(22)10-13-3-2-4-14(18)9-13/h2-4,9,12H,5-8,10-11H2,1H3,(H,19,25)(H,23,24). The summed E-state index contributed by atoms with van der Waals surface area (Å²) < 4.78 is 0. The minimum absolute atomic E-state index is 0.000650. The minimum atomic E-state index is -0.954. The van der Waals surface area contributed by atoms with Gasteiger partial charge in [-0.2, -0.15) is 0 Å². The van der Waals surface area contributed by atoms with Crippen LogP contribution in [0.3, 0.4) is 0 Å². The van der Waals surface area contributed by atoms with Gasteiger partial charge in [0.1, 0.15) is 0 Å². The second kappa shape index (κ2) is 8.71. The van der Waals surface area contributed by atoms with Gasteiger partial charge in [0.15, 0.2) is 0 Å². The first kappa shape index (κ1) is 19.1. The Hall–Kier alpha value is -2.28. The first-order chi connectivity index (χ1) is 11.9. The lowest BCUT2D eigenvalue weighted by molar-refractivity contribution is -0.137. The highest BCUT2D eigenvalue weighted by molar-refractivity contribution is 6.30. The van der Waals surface area contributed by atoms with Crippen LogP contribution in [0.25, 0.3) is 0 Å². The topological polar surface area (TPSA) is 89.9 Å². The molecule has 0 bridgehead atoms. The van der Waals surface area contributed by atoms with E-state index in [1.165, 1.54) is 0 Å². The van der Waals surface area contributed by atoms with Crippen LogP contribution in [0.4, 0.5) is 4.79 Å². The van der Waals surface area contributed by atoms with E-state index in [0.29, 0.717) is 24.7 Å². The molecular formula is C17H22ClN3O4. The Kier molecular flexibility index (Phi) is 6.64. The SMILES string of the molecule is CC1CN(C(=O)NCCC(=O)O)CCN1C(=O)Cc1cccc(Cl)c1. The summed E-state index contributed by atoms with van der Waals surface area (Å²) in [5.41, 5.74) is 0.860. The molecule has 25 heavy (non-hydrogen) atoms. The molecule has 2 N–H and O–H groups in total. The summed E-state index contributed by atoms with van der Waals surface area (Å²) >= 11 is 5.95. The van der Waals surface area contributed by atoms with Crippen molar-refractivity contribution >= 4 is 29.5 Å². The number of benzene rings is 1. The summed E-state index contributed by atoms with van der Waals surface area (Å²) in [7, 11) is 0. The second-order valence-corrected chi connectivity index (χ2v) is 6.50. The Balaban J connectivity index is 1.85. The second-order valence-electron chi connectivity index (χ2n) is 6.06. The molecule has 1 unspecified atom stereocenters. The smallest absolute Gasteiger partial charge is 0.317 e. The summed E-state index contributed by atoms with van der Waals surface area (Å²) in [4.78, 5) is 38.4. The summed E-state index contributed by atoms with van der Waals surface area (Å²) in [6.45, 7) is 3.28. The van der Waals surface area contributed by atoms with E-state index in [1.54, 1.807) is 21.9 Å². The van der Waals surface area contributed by atoms with E-state index < -0.39 is 5.97 Å². The molecule has 1 atom stereocenters. The quantitative estimate of drug-likeness (QED) is 0.827. The maximum absolute atomic E-state index is 12.5. The molecule has 0 aromatic heterocycles. The van der Waals surface area contributed by atoms with Crippen LogP contribution in [0, 0.1) is 0 Å². The number of nitrogens with zero attached hydrogens (tertiary/aromatic N) is 2. The number of nitrogens with one attached hydrogen (secondary N) is 1. The average molecular weight is 368 g/mol. The normalized spacial score (nSPS) is 17.3. The zero-order valence-electron chi connectivity index (χ0n) is 14.1. The Labute approximate surface area is 151 Å². The number of carbonyl (C=O) groups is 3. The van der Waals surface area contributed by atoms with Gasteiger partial charge < -0.3 is 20.2 Å². The highest BCUT2D eigenvalue weighted by atomic mass is 35.5. The first-order valence-electron chi connectivity index (χ1n) is 8.15. The maximum Gasteiger partial charge on any atom is 0.317 e. The number of aliphatic carboxylic acids is 1. The fourth-order valence-corrected chi connectivity index (χ4v) is 3.04. The van der Waals surface area contributed by atoms with Crippen molar-refractivity contribution in [3.63, 3.8) is 0 Å². The third-order valence-electron chi connectivity index (χ3n) is 4.09. The molecule has 1 saturated heterocycles. The molecule has 3 amide bonds. The van der Waals surface area contributed by atoms with Crippen LogP contribution in [0.1, 0.15) is 18.9 Å². The highest BCUT2D eigenvalue weighted by Crippen LogP contribution is 2.15. The number of carboxylic acid groups (broad SMARTS) is 1. The Morgan fingerprint density at radius 2 is 2.08 bits per heavy atom. The van der Waals surface area contributed by atoms with Crippen molar-refractivity contribution in [2.45, 2.75) is 25.8 Å². The molecule has 0 saturated carbocycles. The predicted octanol–water partition coefficient (Wildman–Crippen LogP) is 1.60. The molecule has 0 spiro atoms. The number of piperazine rings is 1. The third-order valence-corrected chi connectivity index (χ3v) is 4.33. The molecule has 136 valence electrons. The van der Waals surface area contributed by atoms with Gasteiger partial charge in [0.25, 0.3) is 0 Å². The van der Waals surface area contributed by atoms with Crippen molar-refractivity contribution in [2.24, 2.45) is 0 Å². The molecule has 0 radical (unpaired) electrons. The summed E-state index contributed by atoms with van der Waals surface area (Å²) in [5.74, 6) is -0.953. The van der Waals surface area contributed by atoms with E-state index in [-0.39, 0.29) is 37.4 Å². The van der Waals surface area contributed by atoms with Gasteiger partial charge in [-0.15, -0.1) is 0 Å². The van der Waals surface area contributed by atoms with E-state index in [0.717, 1.165) is 5.56 Å². The lowest BCUT2D eigenvalue weighted by atomic mass is 10.1. The summed E-state index contributed by atoms with van der Waals surface area (Å²) in [5, 5.41) is 11.8. The molecule has 1 aliphatic heterocycles. The van der Waals surface area contributed by atoms with Crippen LogP contribution < -0.4 is 5.32 Å². The van der Waals surface area contributed by atoms with E-state index in [2.05, 4.69) is 5.32 Å². The van der Waals surface area contributed by atoms with Gasteiger partial charge in [0, 0.05) is 37.2 Å². The third kappa shape index (κ3) is 5.63. The first-order valence-corrected chi connectivity index (χ1v) is 8.53. The molecule has 7 nitrogen and oxygen atoms in total. The van der Waals surface area contributed by atoms with Gasteiger partial charge in [0.05, 0.1) is 12.8 Å². The van der Waals surface area contributed by atoms with Crippen molar-refractivity contribution < 1.29 is 19.5 Å². The molecule has 1 aromatic rings. The molecule has 1 heterocycles. The minimum Gasteiger partial charge on any atom is -0.481 e. The van der Waals surface area contributed by atoms with E-state index >= 15 is 0 Å². The van der Waals surface area contributed by atoms with Crippen LogP contribution in [-0.2, 0) is 16.0 Å². The largest absolute Gasteiger partial charge is 0.481 e. The molecule has 0 aliphatic carbocycles. The van der Waals surface area contributed by atoms with E-state index in [1.807, 2.05) is 19.1 Å². The monoisotopic (exact) mass is 367 g/mol. The maximum atomic E-state index is 12.5. The average Bonchev–Trinajstić information content (AvgIpc) is 2.54. The van der Waals surface area contributed by atoms with Crippen molar-refractivity contribution in [2.75, 3.05) is 26.2 Å². The zero-order valence-corrected chi connectivity index (χ0v) is 14.8. The summed E-state index contributed by atoms with van der Waals surface area (Å²) in [6.07, 6.45) is 0.162. The van der Waals surface area contributed by atoms with Crippen LogP contribution in [0.2, 0.25) is 5.02 Å². The van der Waals surface area contributed by atoms with Crippen molar-refractivity contribution in [1.29, 1.82) is 0 Å². The number of halogens is 1. The Morgan fingerprint density at radius 1 is 1.32 bits per heavy atom. The molecular weight excluding hydrogens is 346 g/mol. The van der Waals surface area contributed by atoms with E-state index in [9.17, 15) is 14.4 Å². The molecule has 2 rings (SSSR count). The predicted molar refractivity (Wildman–Crippen MR) is 93.6 cm³/mol. The fraction of sp³-hybridized carbons (Fsp3) is 0.471. The van der Waals surface area contributed by atoms with Crippen LogP contribution in [0.5, 0.6) is 0 Å². The lowest BCUT2D eigenvalue weighted by Crippen LogP contribution is -2.57. The molecule has 8 heteroatoms. The number of carbonyl (C=O) groups excluding carboxylic acids is 2. The van der Waals surface area contributed by atoms with Crippen LogP contribution in [0.15, 0.2) is 24.3 Å². The van der Waals surface area contributed by atoms with Gasteiger partial charge in [-0.25, -0.2) is 4.79 Å². The van der Waals surface area contributed by atoms with Crippen molar-refractivity contribution in [3.05, 3.63) is 34.9 Å². The Bertz CT molecular complexity index is 653. The van der Waals surface area contributed by atoms with Gasteiger partial charge in [-0.05, 0) is 24.6 Å². The van der Waals surface area contributed by atoms with Gasteiger partial charge in [0.2, 0.25) is 5.91 Å². The summed E-state index contributed by atoms with van der Waals surface area (Å²) in [6, 6.07) is 6.81. The lowest BCUT2D eigenvalue weighted by Gasteiger charge is -2.39. The Morgan fingerprint density at radius 3 is 2.72 bits per heavy atom. The highest BCUT2D eigenvalue weighted by Gasteiger charge is 2.29. The molecule has 1 aliphatic rings. The number of hydrogen-bond donors (Lipinski definition) is 2. The van der Waals surface area contributed by atoms with Crippen LogP contribution in [-0.4, -0.2) is 65.0 Å². The fourth-order valence-electron chi connectivity index (χ4n) is 2.82.